The summed E-state index contributed by atoms with van der Waals surface area (Å²) in [5.74, 6) is 2.79. The number of ether oxygens (including phenoxy) is 3. The third-order valence-electron chi connectivity index (χ3n) is 4.33. The van der Waals surface area contributed by atoms with Gasteiger partial charge in [-0.2, -0.15) is 4.98 Å². The highest BCUT2D eigenvalue weighted by atomic mass is 16.5. The molecular formula is C18H25N3O4. The Bertz CT molecular complexity index is 683. The molecule has 1 aromatic heterocycles. The van der Waals surface area contributed by atoms with Crippen LogP contribution in [0.2, 0.25) is 0 Å². The smallest absolute Gasteiger partial charge is 0.255 e. The van der Waals surface area contributed by atoms with Gasteiger partial charge in [0.1, 0.15) is 6.10 Å². The van der Waals surface area contributed by atoms with Gasteiger partial charge >= 0.3 is 0 Å². The summed E-state index contributed by atoms with van der Waals surface area (Å²) in [5, 5.41) is 4.06. The maximum Gasteiger partial charge on any atom is 0.255 e. The molecule has 1 fully saturated rings. The molecule has 1 saturated heterocycles. The van der Waals surface area contributed by atoms with Gasteiger partial charge < -0.3 is 18.7 Å². The minimum absolute atomic E-state index is 0.0293. The summed E-state index contributed by atoms with van der Waals surface area (Å²) in [7, 11) is 5.33. The summed E-state index contributed by atoms with van der Waals surface area (Å²) >= 11 is 0. The maximum atomic E-state index is 5.57. The second-order valence-electron chi connectivity index (χ2n) is 6.23. The van der Waals surface area contributed by atoms with E-state index in [0.29, 0.717) is 18.3 Å². The molecule has 1 atom stereocenters. The van der Waals surface area contributed by atoms with E-state index in [4.69, 9.17) is 18.7 Å². The van der Waals surface area contributed by atoms with E-state index >= 15 is 0 Å². The zero-order chi connectivity index (χ0) is 17.6. The lowest BCUT2D eigenvalue weighted by molar-refractivity contribution is 0.0835. The molecule has 0 radical (unpaired) electrons. The van der Waals surface area contributed by atoms with Crippen LogP contribution in [-0.2, 0) is 17.7 Å². The average Bonchev–Trinajstić information content (AvgIpc) is 3.31. The summed E-state index contributed by atoms with van der Waals surface area (Å²) < 4.78 is 21.5. The van der Waals surface area contributed by atoms with Crippen LogP contribution in [0.3, 0.4) is 0 Å². The lowest BCUT2D eigenvalue weighted by atomic mass is 10.1. The molecule has 0 amide bonds. The fourth-order valence-corrected chi connectivity index (χ4v) is 2.91. The molecule has 1 unspecified atom stereocenters. The van der Waals surface area contributed by atoms with Gasteiger partial charge in [0.15, 0.2) is 17.3 Å². The molecule has 25 heavy (non-hydrogen) atoms. The van der Waals surface area contributed by atoms with Gasteiger partial charge in [-0.05, 0) is 44.0 Å². The van der Waals surface area contributed by atoms with Crippen molar-refractivity contribution in [1.29, 1.82) is 0 Å². The monoisotopic (exact) mass is 347 g/mol. The van der Waals surface area contributed by atoms with Crippen molar-refractivity contribution in [3.63, 3.8) is 0 Å². The largest absolute Gasteiger partial charge is 0.493 e. The number of hydrogen-bond acceptors (Lipinski definition) is 7. The predicted octanol–water partition coefficient (Wildman–Crippen LogP) is 2.61. The molecule has 2 aromatic rings. The highest BCUT2D eigenvalue weighted by Gasteiger charge is 2.24. The average molecular weight is 347 g/mol. The maximum absolute atomic E-state index is 5.57. The fraction of sp³-hybridized carbons (Fsp3) is 0.556. The van der Waals surface area contributed by atoms with Gasteiger partial charge in [0.05, 0.1) is 20.8 Å². The quantitative estimate of drug-likeness (QED) is 0.727. The molecule has 0 N–H and O–H groups in total. The van der Waals surface area contributed by atoms with E-state index in [0.717, 1.165) is 43.9 Å². The van der Waals surface area contributed by atoms with Crippen LogP contribution in [-0.4, -0.2) is 49.5 Å². The Balaban J connectivity index is 1.52. The van der Waals surface area contributed by atoms with Gasteiger partial charge in [-0.25, -0.2) is 0 Å². The zero-order valence-electron chi connectivity index (χ0n) is 15.0. The lowest BCUT2D eigenvalue weighted by Gasteiger charge is -2.15. The third-order valence-corrected chi connectivity index (χ3v) is 4.33. The van der Waals surface area contributed by atoms with Crippen molar-refractivity contribution in [2.24, 2.45) is 0 Å². The fourth-order valence-electron chi connectivity index (χ4n) is 2.91. The second-order valence-corrected chi connectivity index (χ2v) is 6.23. The Morgan fingerprint density at radius 1 is 1.24 bits per heavy atom. The van der Waals surface area contributed by atoms with E-state index in [2.05, 4.69) is 21.1 Å². The Labute approximate surface area is 147 Å². The summed E-state index contributed by atoms with van der Waals surface area (Å²) in [6.45, 7) is 2.29. The van der Waals surface area contributed by atoms with Gasteiger partial charge in [0.2, 0.25) is 0 Å². The van der Waals surface area contributed by atoms with Crippen LogP contribution in [0.5, 0.6) is 11.5 Å². The molecule has 3 rings (SSSR count). The van der Waals surface area contributed by atoms with Crippen molar-refractivity contribution in [3.8, 4) is 11.5 Å². The molecule has 2 heterocycles. The Morgan fingerprint density at radius 2 is 2.08 bits per heavy atom. The summed E-state index contributed by atoms with van der Waals surface area (Å²) in [4.78, 5) is 6.62. The van der Waals surface area contributed by atoms with Gasteiger partial charge in [0.25, 0.3) is 5.89 Å². The zero-order valence-corrected chi connectivity index (χ0v) is 15.0. The molecule has 0 bridgehead atoms. The van der Waals surface area contributed by atoms with Gasteiger partial charge in [-0.3, -0.25) is 4.90 Å². The highest BCUT2D eigenvalue weighted by molar-refractivity contribution is 5.42. The van der Waals surface area contributed by atoms with Gasteiger partial charge in [0, 0.05) is 13.2 Å². The first-order valence-electron chi connectivity index (χ1n) is 8.53. The molecule has 7 heteroatoms. The Kier molecular flexibility index (Phi) is 5.88. The van der Waals surface area contributed by atoms with E-state index in [1.54, 1.807) is 14.2 Å². The number of benzene rings is 1. The van der Waals surface area contributed by atoms with E-state index in [1.165, 1.54) is 5.56 Å². The van der Waals surface area contributed by atoms with Crippen molar-refractivity contribution in [2.75, 3.05) is 34.4 Å². The molecule has 0 saturated carbocycles. The van der Waals surface area contributed by atoms with Crippen LogP contribution in [0.25, 0.3) is 0 Å². The highest BCUT2D eigenvalue weighted by Crippen LogP contribution is 2.28. The van der Waals surface area contributed by atoms with Crippen LogP contribution < -0.4 is 9.47 Å². The van der Waals surface area contributed by atoms with Gasteiger partial charge in [-0.1, -0.05) is 11.2 Å². The number of methoxy groups -OCH3 is 2. The first kappa shape index (κ1) is 17.7. The van der Waals surface area contributed by atoms with Crippen molar-refractivity contribution >= 4 is 0 Å². The second kappa shape index (κ2) is 8.31. The van der Waals surface area contributed by atoms with E-state index in [-0.39, 0.29) is 6.10 Å². The van der Waals surface area contributed by atoms with Crippen molar-refractivity contribution < 1.29 is 18.7 Å². The minimum Gasteiger partial charge on any atom is -0.493 e. The summed E-state index contributed by atoms with van der Waals surface area (Å²) in [5.41, 5.74) is 1.19. The molecule has 1 aliphatic heterocycles. The first-order chi connectivity index (χ1) is 12.2. The van der Waals surface area contributed by atoms with Crippen molar-refractivity contribution in [2.45, 2.75) is 31.9 Å². The van der Waals surface area contributed by atoms with Crippen LogP contribution >= 0.6 is 0 Å². The van der Waals surface area contributed by atoms with E-state index in [9.17, 15) is 0 Å². The van der Waals surface area contributed by atoms with Gasteiger partial charge in [-0.15, -0.1) is 0 Å². The Morgan fingerprint density at radius 3 is 2.80 bits per heavy atom. The summed E-state index contributed by atoms with van der Waals surface area (Å²) in [6, 6.07) is 6.00. The lowest BCUT2D eigenvalue weighted by Crippen LogP contribution is -2.21. The number of nitrogens with zero attached hydrogens (tertiary/aromatic N) is 3. The molecule has 0 spiro atoms. The predicted molar refractivity (Wildman–Crippen MR) is 91.8 cm³/mol. The standard InChI is InChI=1S/C18H25N3O4/c1-21(9-8-13-6-7-14(22-2)16(11-13)23-3)12-17-19-18(25-20-17)15-5-4-10-24-15/h6-7,11,15H,4-5,8-10,12H2,1-3H3. The number of rotatable bonds is 8. The molecule has 7 nitrogen and oxygen atoms in total. The first-order valence-corrected chi connectivity index (χ1v) is 8.53. The topological polar surface area (TPSA) is 69.9 Å². The van der Waals surface area contributed by atoms with Crippen LogP contribution in [0.1, 0.15) is 36.2 Å². The molecule has 0 aliphatic carbocycles. The molecule has 1 aliphatic rings. The van der Waals surface area contributed by atoms with Crippen molar-refractivity contribution in [3.05, 3.63) is 35.5 Å². The number of aromatic nitrogens is 2. The number of likely N-dealkylation sites (N-methyl/N-ethyl adjacent to an activating group) is 1. The SMILES string of the molecule is COc1ccc(CCN(C)Cc2noc(C3CCCO3)n2)cc1OC. The molecular weight excluding hydrogens is 322 g/mol. The molecule has 1 aromatic carbocycles. The van der Waals surface area contributed by atoms with E-state index < -0.39 is 0 Å². The van der Waals surface area contributed by atoms with E-state index in [1.807, 2.05) is 19.2 Å². The third kappa shape index (κ3) is 4.49. The normalized spacial score (nSPS) is 17.2. The van der Waals surface area contributed by atoms with Crippen molar-refractivity contribution in [1.82, 2.24) is 15.0 Å². The van der Waals surface area contributed by atoms with Crippen LogP contribution in [0.4, 0.5) is 0 Å². The summed E-state index contributed by atoms with van der Waals surface area (Å²) in [6.07, 6.45) is 2.87. The minimum atomic E-state index is -0.0293. The number of hydrogen-bond donors (Lipinski definition) is 0. The van der Waals surface area contributed by atoms with Crippen LogP contribution in [0.15, 0.2) is 22.7 Å². The van der Waals surface area contributed by atoms with Crippen LogP contribution in [0, 0.1) is 0 Å². The Hall–Kier alpha value is -2.12. The molecule has 136 valence electrons.